The van der Waals surface area contributed by atoms with Crippen molar-refractivity contribution in [1.29, 1.82) is 5.26 Å². The number of allylic oxidation sites excluding steroid dienone is 2. The molecule has 0 fully saturated rings. The maximum absolute atomic E-state index is 15.2. The highest BCUT2D eigenvalue weighted by molar-refractivity contribution is 6.02. The molecule has 4 aromatic rings. The summed E-state index contributed by atoms with van der Waals surface area (Å²) in [6.07, 6.45) is 2.98. The van der Waals surface area contributed by atoms with E-state index in [0.29, 0.717) is 57.8 Å². The number of nitriles is 1. The molecule has 7 heteroatoms. The zero-order chi connectivity index (χ0) is 26.8. The summed E-state index contributed by atoms with van der Waals surface area (Å²) in [4.78, 5) is 27.4. The van der Waals surface area contributed by atoms with Gasteiger partial charge in [0, 0.05) is 39.1 Å². The van der Waals surface area contributed by atoms with E-state index in [4.69, 9.17) is 9.97 Å². The van der Waals surface area contributed by atoms with Crippen LogP contribution in [0.4, 0.5) is 8.78 Å². The van der Waals surface area contributed by atoms with E-state index in [0.717, 1.165) is 5.56 Å². The van der Waals surface area contributed by atoms with Crippen molar-refractivity contribution in [1.82, 2.24) is 15.0 Å². The van der Waals surface area contributed by atoms with Gasteiger partial charge < -0.3 is 0 Å². The summed E-state index contributed by atoms with van der Waals surface area (Å²) in [7, 11) is 0. The van der Waals surface area contributed by atoms with Gasteiger partial charge in [-0.25, -0.2) is 18.7 Å². The molecule has 2 aromatic heterocycles. The number of halogens is 2. The van der Waals surface area contributed by atoms with E-state index in [1.807, 2.05) is 20.8 Å². The van der Waals surface area contributed by atoms with E-state index in [1.54, 1.807) is 36.4 Å². The number of ketones is 1. The first-order valence-electron chi connectivity index (χ1n) is 12.6. The summed E-state index contributed by atoms with van der Waals surface area (Å²) in [6.45, 7) is 5.70. The van der Waals surface area contributed by atoms with Gasteiger partial charge >= 0.3 is 0 Å². The van der Waals surface area contributed by atoms with Crippen LogP contribution in [0.5, 0.6) is 0 Å². The molecule has 0 aliphatic heterocycles. The second-order valence-corrected chi connectivity index (χ2v) is 10.4. The van der Waals surface area contributed by atoms with Crippen molar-refractivity contribution in [3.63, 3.8) is 0 Å². The van der Waals surface area contributed by atoms with E-state index in [2.05, 4.69) is 11.1 Å². The number of Topliss-reactive ketones (excluding diaryl/α,β-unsaturated/α-hetero) is 1. The Morgan fingerprint density at radius 3 is 2.61 bits per heavy atom. The topological polar surface area (TPSA) is 79.5 Å². The summed E-state index contributed by atoms with van der Waals surface area (Å²) in [5.41, 5.74) is 3.55. The molecule has 0 N–H and O–H groups in total. The average Bonchev–Trinajstić information content (AvgIpc) is 2.90. The van der Waals surface area contributed by atoms with Crippen molar-refractivity contribution in [2.24, 2.45) is 11.8 Å². The van der Waals surface area contributed by atoms with Crippen molar-refractivity contribution >= 4 is 16.7 Å². The summed E-state index contributed by atoms with van der Waals surface area (Å²) in [6, 6.07) is 14.7. The molecule has 0 saturated heterocycles. The van der Waals surface area contributed by atoms with Gasteiger partial charge in [-0.05, 0) is 62.1 Å². The van der Waals surface area contributed by atoms with Gasteiger partial charge in [-0.3, -0.25) is 9.78 Å². The maximum Gasteiger partial charge on any atom is 0.176 e. The Morgan fingerprint density at radius 1 is 1.05 bits per heavy atom. The molecule has 2 aliphatic rings. The van der Waals surface area contributed by atoms with Crippen molar-refractivity contribution in [2.75, 3.05) is 0 Å². The van der Waals surface area contributed by atoms with E-state index in [1.165, 1.54) is 18.2 Å². The van der Waals surface area contributed by atoms with Gasteiger partial charge in [0.1, 0.15) is 17.7 Å². The number of hydrogen-bond acceptors (Lipinski definition) is 5. The normalized spacial score (nSPS) is 22.4. The molecule has 0 spiro atoms. The molecular weight excluding hydrogens is 482 g/mol. The summed E-state index contributed by atoms with van der Waals surface area (Å²) < 4.78 is 29.5. The van der Waals surface area contributed by atoms with Crippen LogP contribution in [0.25, 0.3) is 33.5 Å². The number of hydrogen-bond donors (Lipinski definition) is 0. The second kappa shape index (κ2) is 8.63. The highest BCUT2D eigenvalue weighted by Crippen LogP contribution is 2.51. The number of rotatable bonds is 2. The van der Waals surface area contributed by atoms with Crippen molar-refractivity contribution < 1.29 is 13.6 Å². The SMILES string of the molecule is Cc1cc(-c2nc(-c3ccccc3F)c3c(n2)[C@]2(C)C=C(C#N)C(=O)C(C)C2CC3)c2cc(F)ccc2n1. The van der Waals surface area contributed by atoms with Crippen LogP contribution in [-0.4, -0.2) is 20.7 Å². The number of aryl methyl sites for hydroxylation is 1. The smallest absolute Gasteiger partial charge is 0.176 e. The first kappa shape index (κ1) is 24.1. The highest BCUT2D eigenvalue weighted by atomic mass is 19.1. The van der Waals surface area contributed by atoms with Crippen LogP contribution in [0.15, 0.2) is 60.2 Å². The lowest BCUT2D eigenvalue weighted by Crippen LogP contribution is -2.46. The van der Waals surface area contributed by atoms with Crippen LogP contribution in [0.3, 0.4) is 0 Å². The Bertz CT molecular complexity index is 1740. The molecule has 0 radical (unpaired) electrons. The summed E-state index contributed by atoms with van der Waals surface area (Å²) in [5.74, 6) is -1.10. The molecule has 0 saturated carbocycles. The largest absolute Gasteiger partial charge is 0.293 e. The molecule has 5 nitrogen and oxygen atoms in total. The molecule has 188 valence electrons. The molecule has 0 bridgehead atoms. The quantitative estimate of drug-likeness (QED) is 0.313. The minimum Gasteiger partial charge on any atom is -0.293 e. The molecule has 2 heterocycles. The lowest BCUT2D eigenvalue weighted by atomic mass is 9.57. The predicted octanol–water partition coefficient (Wildman–Crippen LogP) is 6.43. The van der Waals surface area contributed by atoms with Gasteiger partial charge in [-0.1, -0.05) is 32.1 Å². The van der Waals surface area contributed by atoms with Crippen LogP contribution in [0.1, 0.15) is 37.2 Å². The van der Waals surface area contributed by atoms with Crippen molar-refractivity contribution in [3.05, 3.63) is 88.8 Å². The van der Waals surface area contributed by atoms with Gasteiger partial charge in [0.25, 0.3) is 0 Å². The van der Waals surface area contributed by atoms with Crippen LogP contribution in [0.2, 0.25) is 0 Å². The van der Waals surface area contributed by atoms with Gasteiger partial charge in [-0.15, -0.1) is 0 Å². The monoisotopic (exact) mass is 506 g/mol. The van der Waals surface area contributed by atoms with Gasteiger partial charge in [-0.2, -0.15) is 5.26 Å². The Kier molecular flexibility index (Phi) is 5.46. The Labute approximate surface area is 218 Å². The minimum atomic E-state index is -0.743. The standard InChI is InChI=1S/C31H24F2N4O/c1-16-12-23(22-13-19(32)8-11-26(22)35-16)30-36-27(20-6-4-5-7-25(20)33)21-9-10-24-17(2)28(38)18(15-34)14-31(24,3)29(21)37-30/h4-8,11-14,17,24H,9-10H2,1-3H3/t17?,24?,31-/m1/s1. The maximum atomic E-state index is 15.2. The van der Waals surface area contributed by atoms with E-state index >= 15 is 4.39 Å². The predicted molar refractivity (Wildman–Crippen MR) is 140 cm³/mol. The number of carbonyl (C=O) groups is 1. The lowest BCUT2D eigenvalue weighted by Gasteiger charge is -2.45. The zero-order valence-corrected chi connectivity index (χ0v) is 21.2. The molecule has 6 rings (SSSR count). The third kappa shape index (κ3) is 3.55. The Morgan fingerprint density at radius 2 is 1.84 bits per heavy atom. The van der Waals surface area contributed by atoms with Crippen LogP contribution in [-0.2, 0) is 16.6 Å². The number of carbonyl (C=O) groups excluding carboxylic acids is 1. The first-order chi connectivity index (χ1) is 18.2. The van der Waals surface area contributed by atoms with E-state index in [9.17, 15) is 14.4 Å². The van der Waals surface area contributed by atoms with Crippen LogP contribution < -0.4 is 0 Å². The minimum absolute atomic E-state index is 0.0795. The van der Waals surface area contributed by atoms with Crippen molar-refractivity contribution in [3.8, 4) is 28.7 Å². The van der Waals surface area contributed by atoms with Crippen LogP contribution >= 0.6 is 0 Å². The highest BCUT2D eigenvalue weighted by Gasteiger charge is 2.49. The fourth-order valence-electron chi connectivity index (χ4n) is 6.28. The second-order valence-electron chi connectivity index (χ2n) is 10.4. The number of fused-ring (bicyclic) bond motifs is 4. The molecule has 0 amide bonds. The van der Waals surface area contributed by atoms with E-state index in [-0.39, 0.29) is 23.2 Å². The van der Waals surface area contributed by atoms with Gasteiger partial charge in [0.2, 0.25) is 0 Å². The first-order valence-corrected chi connectivity index (χ1v) is 12.6. The number of nitrogens with zero attached hydrogens (tertiary/aromatic N) is 4. The third-order valence-corrected chi connectivity index (χ3v) is 8.11. The number of pyridine rings is 1. The lowest BCUT2D eigenvalue weighted by molar-refractivity contribution is -0.121. The van der Waals surface area contributed by atoms with Gasteiger partial charge in [0.05, 0.1) is 22.5 Å². The number of aromatic nitrogens is 3. The Hall–Kier alpha value is -4.31. The third-order valence-electron chi connectivity index (χ3n) is 8.11. The molecule has 38 heavy (non-hydrogen) atoms. The zero-order valence-electron chi connectivity index (χ0n) is 21.2. The summed E-state index contributed by atoms with van der Waals surface area (Å²) >= 11 is 0. The molecule has 2 aliphatic carbocycles. The summed E-state index contributed by atoms with van der Waals surface area (Å²) in [5, 5.41) is 10.3. The fourth-order valence-corrected chi connectivity index (χ4v) is 6.28. The van der Waals surface area contributed by atoms with Crippen molar-refractivity contribution in [2.45, 2.75) is 39.0 Å². The number of benzene rings is 2. The molecule has 3 atom stereocenters. The Balaban J connectivity index is 1.72. The van der Waals surface area contributed by atoms with E-state index < -0.39 is 17.0 Å². The molecule has 2 unspecified atom stereocenters. The molecular formula is C31H24F2N4O. The van der Waals surface area contributed by atoms with Gasteiger partial charge in [0.15, 0.2) is 11.6 Å². The molecule has 2 aromatic carbocycles. The van der Waals surface area contributed by atoms with Crippen LogP contribution in [0, 0.1) is 41.7 Å². The average molecular weight is 507 g/mol. The fraction of sp³-hybridized carbons (Fsp3) is 0.258.